The summed E-state index contributed by atoms with van der Waals surface area (Å²) in [5, 5.41) is 3.69. The lowest BCUT2D eigenvalue weighted by Gasteiger charge is -2.08. The fourth-order valence-corrected chi connectivity index (χ4v) is 2.97. The Hall–Kier alpha value is -2.73. The second kappa shape index (κ2) is 7.90. The molecule has 0 saturated carbocycles. The molecule has 5 nitrogen and oxygen atoms in total. The highest BCUT2D eigenvalue weighted by atomic mass is 32.2. The van der Waals surface area contributed by atoms with Crippen LogP contribution in [0, 0.1) is 6.92 Å². The van der Waals surface area contributed by atoms with Crippen LogP contribution < -0.4 is 10.1 Å². The molecule has 0 atom stereocenters. The van der Waals surface area contributed by atoms with Crippen molar-refractivity contribution in [1.82, 2.24) is 9.55 Å². The van der Waals surface area contributed by atoms with Crippen molar-refractivity contribution in [2.75, 3.05) is 11.1 Å². The molecule has 0 aliphatic carbocycles. The molecule has 1 amide bonds. The van der Waals surface area contributed by atoms with E-state index in [0.29, 0.717) is 5.75 Å². The Morgan fingerprint density at radius 1 is 1.20 bits per heavy atom. The van der Waals surface area contributed by atoms with Gasteiger partial charge < -0.3 is 14.6 Å². The lowest BCUT2D eigenvalue weighted by molar-refractivity contribution is -0.113. The summed E-state index contributed by atoms with van der Waals surface area (Å²) < 4.78 is 7.69. The number of anilines is 1. The molecule has 3 rings (SSSR count). The van der Waals surface area contributed by atoms with Gasteiger partial charge in [-0.25, -0.2) is 4.98 Å². The highest BCUT2D eigenvalue weighted by Crippen LogP contribution is 2.24. The van der Waals surface area contributed by atoms with E-state index in [9.17, 15) is 4.79 Å². The van der Waals surface area contributed by atoms with Gasteiger partial charge in [-0.1, -0.05) is 23.9 Å². The van der Waals surface area contributed by atoms with Gasteiger partial charge in [-0.3, -0.25) is 4.79 Å². The van der Waals surface area contributed by atoms with E-state index in [1.807, 2.05) is 73.3 Å². The van der Waals surface area contributed by atoms with Gasteiger partial charge in [-0.2, -0.15) is 0 Å². The van der Waals surface area contributed by atoms with Crippen LogP contribution in [0.2, 0.25) is 0 Å². The SMILES string of the molecule is Cc1cccc(Oc2ccc(NC(=O)CSc3nccn3C)cc2)c1. The Balaban J connectivity index is 1.53. The third-order valence-corrected chi connectivity index (χ3v) is 4.53. The molecule has 6 heteroatoms. The smallest absolute Gasteiger partial charge is 0.234 e. The van der Waals surface area contributed by atoms with Gasteiger partial charge in [0.25, 0.3) is 0 Å². The first kappa shape index (κ1) is 17.1. The number of aryl methyl sites for hydroxylation is 2. The summed E-state index contributed by atoms with van der Waals surface area (Å²) in [5.74, 6) is 1.77. The van der Waals surface area contributed by atoms with Gasteiger partial charge in [0.2, 0.25) is 5.91 Å². The summed E-state index contributed by atoms with van der Waals surface area (Å²) in [6.07, 6.45) is 3.57. The van der Waals surface area contributed by atoms with Crippen LogP contribution in [-0.4, -0.2) is 21.2 Å². The van der Waals surface area contributed by atoms with Crippen molar-refractivity contribution in [3.05, 3.63) is 66.5 Å². The van der Waals surface area contributed by atoms with Gasteiger partial charge in [0.15, 0.2) is 5.16 Å². The molecule has 0 aliphatic rings. The van der Waals surface area contributed by atoms with Crippen molar-refractivity contribution in [1.29, 1.82) is 0 Å². The highest BCUT2D eigenvalue weighted by molar-refractivity contribution is 7.99. The van der Waals surface area contributed by atoms with E-state index in [4.69, 9.17) is 4.74 Å². The van der Waals surface area contributed by atoms with E-state index in [0.717, 1.165) is 27.9 Å². The average Bonchev–Trinajstić information content (AvgIpc) is 3.00. The average molecular weight is 353 g/mol. The maximum atomic E-state index is 12.0. The van der Waals surface area contributed by atoms with Crippen LogP contribution in [0.15, 0.2) is 66.1 Å². The molecule has 0 saturated heterocycles. The molecule has 0 radical (unpaired) electrons. The summed E-state index contributed by atoms with van der Waals surface area (Å²) in [6.45, 7) is 2.02. The topological polar surface area (TPSA) is 56.1 Å². The quantitative estimate of drug-likeness (QED) is 0.673. The number of aromatic nitrogens is 2. The maximum absolute atomic E-state index is 12.0. The molecule has 0 bridgehead atoms. The van der Waals surface area contributed by atoms with E-state index in [2.05, 4.69) is 10.3 Å². The summed E-state index contributed by atoms with van der Waals surface area (Å²) in [4.78, 5) is 16.2. The molecule has 0 spiro atoms. The molecule has 0 unspecified atom stereocenters. The molecule has 0 aliphatic heterocycles. The largest absolute Gasteiger partial charge is 0.457 e. The minimum atomic E-state index is -0.0691. The zero-order chi connectivity index (χ0) is 17.6. The standard InChI is InChI=1S/C19H19N3O2S/c1-14-4-3-5-17(12-14)24-16-8-6-15(7-9-16)21-18(23)13-25-19-20-10-11-22(19)2/h3-12H,13H2,1-2H3,(H,21,23). The fourth-order valence-electron chi connectivity index (χ4n) is 2.24. The molecule has 1 aromatic heterocycles. The maximum Gasteiger partial charge on any atom is 0.234 e. The van der Waals surface area contributed by atoms with Crippen LogP contribution in [0.5, 0.6) is 11.5 Å². The number of hydrogen-bond donors (Lipinski definition) is 1. The number of nitrogens with one attached hydrogen (secondary N) is 1. The number of nitrogens with zero attached hydrogens (tertiary/aromatic N) is 2. The molecule has 1 N–H and O–H groups in total. The fraction of sp³-hybridized carbons (Fsp3) is 0.158. The Kier molecular flexibility index (Phi) is 5.40. The molecule has 2 aromatic carbocycles. The zero-order valence-electron chi connectivity index (χ0n) is 14.1. The Labute approximate surface area is 151 Å². The second-order valence-electron chi connectivity index (χ2n) is 5.60. The van der Waals surface area contributed by atoms with Crippen LogP contribution in [-0.2, 0) is 11.8 Å². The van der Waals surface area contributed by atoms with E-state index >= 15 is 0 Å². The van der Waals surface area contributed by atoms with Crippen molar-refractivity contribution < 1.29 is 9.53 Å². The number of ether oxygens (including phenoxy) is 1. The normalized spacial score (nSPS) is 10.5. The summed E-state index contributed by atoms with van der Waals surface area (Å²) in [7, 11) is 1.90. The van der Waals surface area contributed by atoms with Gasteiger partial charge in [-0.05, 0) is 48.9 Å². The zero-order valence-corrected chi connectivity index (χ0v) is 14.9. The summed E-state index contributed by atoms with van der Waals surface area (Å²) in [6, 6.07) is 15.2. The number of carbonyl (C=O) groups excluding carboxylic acids is 1. The number of thioether (sulfide) groups is 1. The van der Waals surface area contributed by atoms with Crippen molar-refractivity contribution in [3.63, 3.8) is 0 Å². The molecule has 0 fully saturated rings. The number of hydrogen-bond acceptors (Lipinski definition) is 4. The molecule has 3 aromatic rings. The predicted octanol–water partition coefficient (Wildman–Crippen LogP) is 4.25. The van der Waals surface area contributed by atoms with E-state index in [1.165, 1.54) is 11.8 Å². The Morgan fingerprint density at radius 2 is 2.00 bits per heavy atom. The van der Waals surface area contributed by atoms with Gasteiger partial charge in [-0.15, -0.1) is 0 Å². The minimum absolute atomic E-state index is 0.0691. The highest BCUT2D eigenvalue weighted by Gasteiger charge is 2.07. The first-order valence-corrected chi connectivity index (χ1v) is 8.83. The number of benzene rings is 2. The number of carbonyl (C=O) groups is 1. The van der Waals surface area contributed by atoms with Crippen LogP contribution in [0.3, 0.4) is 0 Å². The third kappa shape index (κ3) is 4.87. The lowest BCUT2D eigenvalue weighted by atomic mass is 10.2. The predicted molar refractivity (Wildman–Crippen MR) is 100 cm³/mol. The molecular weight excluding hydrogens is 334 g/mol. The van der Waals surface area contributed by atoms with E-state index < -0.39 is 0 Å². The third-order valence-electron chi connectivity index (χ3n) is 3.47. The molecule has 128 valence electrons. The first-order chi connectivity index (χ1) is 12.1. The van der Waals surface area contributed by atoms with Crippen molar-refractivity contribution in [2.24, 2.45) is 7.05 Å². The molecule has 1 heterocycles. The monoisotopic (exact) mass is 353 g/mol. The summed E-state index contributed by atoms with van der Waals surface area (Å²) in [5.41, 5.74) is 1.88. The Bertz CT molecular complexity index is 859. The van der Waals surface area contributed by atoms with Crippen LogP contribution in [0.4, 0.5) is 5.69 Å². The van der Waals surface area contributed by atoms with Gasteiger partial charge >= 0.3 is 0 Å². The van der Waals surface area contributed by atoms with E-state index in [1.54, 1.807) is 6.20 Å². The van der Waals surface area contributed by atoms with Crippen molar-refractivity contribution in [3.8, 4) is 11.5 Å². The van der Waals surface area contributed by atoms with Gasteiger partial charge in [0.05, 0.1) is 5.75 Å². The van der Waals surface area contributed by atoms with Crippen molar-refractivity contribution >= 4 is 23.4 Å². The van der Waals surface area contributed by atoms with Gasteiger partial charge in [0.1, 0.15) is 11.5 Å². The van der Waals surface area contributed by atoms with Gasteiger partial charge in [0, 0.05) is 25.1 Å². The summed E-state index contributed by atoms with van der Waals surface area (Å²) >= 11 is 1.40. The molecule has 25 heavy (non-hydrogen) atoms. The van der Waals surface area contributed by atoms with Crippen molar-refractivity contribution in [2.45, 2.75) is 12.1 Å². The number of amides is 1. The Morgan fingerprint density at radius 3 is 2.68 bits per heavy atom. The lowest BCUT2D eigenvalue weighted by Crippen LogP contribution is -2.14. The minimum Gasteiger partial charge on any atom is -0.457 e. The number of rotatable bonds is 6. The van der Waals surface area contributed by atoms with Crippen LogP contribution >= 0.6 is 11.8 Å². The first-order valence-electron chi connectivity index (χ1n) is 7.85. The van der Waals surface area contributed by atoms with Crippen LogP contribution in [0.1, 0.15) is 5.56 Å². The van der Waals surface area contributed by atoms with Crippen LogP contribution in [0.25, 0.3) is 0 Å². The second-order valence-corrected chi connectivity index (χ2v) is 6.54. The van der Waals surface area contributed by atoms with E-state index in [-0.39, 0.29) is 5.91 Å². The number of imidazole rings is 1. The molecular formula is C19H19N3O2S.